The van der Waals surface area contributed by atoms with E-state index < -0.39 is 9.84 Å². The maximum Gasteiger partial charge on any atom is 0.150 e. The molecule has 0 aromatic rings. The van der Waals surface area contributed by atoms with Gasteiger partial charge in [-0.2, -0.15) is 0 Å². The van der Waals surface area contributed by atoms with Crippen LogP contribution >= 0.6 is 0 Å². The first-order chi connectivity index (χ1) is 5.71. The highest BCUT2D eigenvalue weighted by Gasteiger charge is 2.16. The molecule has 0 amide bonds. The van der Waals surface area contributed by atoms with E-state index in [9.17, 15) is 8.42 Å². The summed E-state index contributed by atoms with van der Waals surface area (Å²) in [6.07, 6.45) is 4.31. The zero-order valence-corrected chi connectivity index (χ0v) is 8.11. The van der Waals surface area contributed by atoms with Gasteiger partial charge in [-0.05, 0) is 25.7 Å². The van der Waals surface area contributed by atoms with E-state index >= 15 is 0 Å². The van der Waals surface area contributed by atoms with Crippen molar-refractivity contribution >= 4 is 9.84 Å². The molecule has 0 aliphatic carbocycles. The van der Waals surface area contributed by atoms with Crippen LogP contribution in [-0.2, 0) is 14.6 Å². The lowest BCUT2D eigenvalue weighted by molar-refractivity contribution is 0.198. The molecule has 2 saturated heterocycles. The van der Waals surface area contributed by atoms with Crippen molar-refractivity contribution in [2.45, 2.75) is 25.7 Å². The molecule has 0 atom stereocenters. The van der Waals surface area contributed by atoms with Crippen LogP contribution in [0.4, 0.5) is 0 Å². The van der Waals surface area contributed by atoms with E-state index in [0.29, 0.717) is 11.5 Å². The minimum absolute atomic E-state index is 0.424. The summed E-state index contributed by atoms with van der Waals surface area (Å²) < 4.78 is 25.8. The van der Waals surface area contributed by atoms with Gasteiger partial charge in [0, 0.05) is 13.2 Å². The van der Waals surface area contributed by atoms with E-state index in [1.54, 1.807) is 0 Å². The Morgan fingerprint density at radius 1 is 0.833 bits per heavy atom. The van der Waals surface area contributed by atoms with Gasteiger partial charge in [-0.25, -0.2) is 8.42 Å². The average Bonchev–Trinajstić information content (AvgIpc) is 2.60. The molecule has 4 heteroatoms. The quantitative estimate of drug-likeness (QED) is 0.575. The largest absolute Gasteiger partial charge is 0.381 e. The van der Waals surface area contributed by atoms with Crippen molar-refractivity contribution in [3.05, 3.63) is 0 Å². The molecule has 2 aliphatic rings. The molecule has 0 aromatic heterocycles. The van der Waals surface area contributed by atoms with E-state index in [4.69, 9.17) is 4.74 Å². The number of hydrogen-bond donors (Lipinski definition) is 0. The molecular weight excluding hydrogens is 176 g/mol. The molecule has 0 saturated carbocycles. The molecule has 12 heavy (non-hydrogen) atoms. The zero-order valence-electron chi connectivity index (χ0n) is 7.29. The van der Waals surface area contributed by atoms with Crippen LogP contribution in [0.15, 0.2) is 0 Å². The number of rotatable bonds is 0. The van der Waals surface area contributed by atoms with Gasteiger partial charge >= 0.3 is 0 Å². The zero-order chi connectivity index (χ0) is 8.86. The second kappa shape index (κ2) is 4.82. The Labute approximate surface area is 74.0 Å². The first-order valence-electron chi connectivity index (χ1n) is 4.49. The summed E-state index contributed by atoms with van der Waals surface area (Å²) in [6.45, 7) is 2.00. The third kappa shape index (κ3) is 4.07. The molecule has 72 valence electrons. The highest BCUT2D eigenvalue weighted by atomic mass is 32.2. The first kappa shape index (κ1) is 9.99. The van der Waals surface area contributed by atoms with Crippen LogP contribution in [0, 0.1) is 0 Å². The minimum Gasteiger partial charge on any atom is -0.381 e. The third-order valence-electron chi connectivity index (χ3n) is 1.99. The molecule has 0 aromatic carbocycles. The van der Waals surface area contributed by atoms with Crippen LogP contribution in [0.1, 0.15) is 25.7 Å². The molecule has 0 spiro atoms. The summed E-state index contributed by atoms with van der Waals surface area (Å²) in [4.78, 5) is 0. The topological polar surface area (TPSA) is 43.4 Å². The van der Waals surface area contributed by atoms with Crippen molar-refractivity contribution in [3.63, 3.8) is 0 Å². The monoisotopic (exact) mass is 192 g/mol. The predicted octanol–water partition coefficient (Wildman–Crippen LogP) is 0.992. The van der Waals surface area contributed by atoms with Crippen molar-refractivity contribution in [1.29, 1.82) is 0 Å². The molecule has 2 heterocycles. The minimum atomic E-state index is -2.55. The van der Waals surface area contributed by atoms with Crippen LogP contribution in [0.5, 0.6) is 0 Å². The number of ether oxygens (including phenoxy) is 1. The van der Waals surface area contributed by atoms with Crippen LogP contribution in [0.2, 0.25) is 0 Å². The lowest BCUT2D eigenvalue weighted by atomic mass is 10.4. The smallest absolute Gasteiger partial charge is 0.150 e. The molecular formula is C8H16O3S. The molecule has 0 N–H and O–H groups in total. The van der Waals surface area contributed by atoms with Gasteiger partial charge in [0.15, 0.2) is 0 Å². The lowest BCUT2D eigenvalue weighted by Gasteiger charge is -1.81. The normalized spacial score (nSPS) is 26.3. The van der Waals surface area contributed by atoms with E-state index in [0.717, 1.165) is 26.1 Å². The summed E-state index contributed by atoms with van der Waals surface area (Å²) >= 11 is 0. The van der Waals surface area contributed by atoms with Crippen molar-refractivity contribution in [1.82, 2.24) is 0 Å². The van der Waals surface area contributed by atoms with Crippen molar-refractivity contribution in [2.24, 2.45) is 0 Å². The highest BCUT2D eigenvalue weighted by Crippen LogP contribution is 2.08. The molecule has 2 aliphatic heterocycles. The van der Waals surface area contributed by atoms with Gasteiger partial charge in [-0.1, -0.05) is 0 Å². The summed E-state index contributed by atoms with van der Waals surface area (Å²) in [5.74, 6) is 0.847. The second-order valence-electron chi connectivity index (χ2n) is 3.18. The van der Waals surface area contributed by atoms with Crippen LogP contribution in [0.3, 0.4) is 0 Å². The summed E-state index contributed by atoms with van der Waals surface area (Å²) in [7, 11) is -2.55. The van der Waals surface area contributed by atoms with Crippen LogP contribution < -0.4 is 0 Å². The summed E-state index contributed by atoms with van der Waals surface area (Å²) in [5, 5.41) is 0. The van der Waals surface area contributed by atoms with E-state index in [1.165, 1.54) is 12.8 Å². The fourth-order valence-electron chi connectivity index (χ4n) is 1.26. The van der Waals surface area contributed by atoms with Crippen LogP contribution in [-0.4, -0.2) is 33.1 Å². The van der Waals surface area contributed by atoms with Crippen LogP contribution in [0.25, 0.3) is 0 Å². The molecule has 0 bridgehead atoms. The predicted molar refractivity (Wildman–Crippen MR) is 47.9 cm³/mol. The highest BCUT2D eigenvalue weighted by molar-refractivity contribution is 7.91. The molecule has 0 radical (unpaired) electrons. The van der Waals surface area contributed by atoms with Crippen molar-refractivity contribution in [3.8, 4) is 0 Å². The van der Waals surface area contributed by atoms with Gasteiger partial charge in [-0.15, -0.1) is 0 Å². The van der Waals surface area contributed by atoms with Crippen molar-refractivity contribution < 1.29 is 13.2 Å². The first-order valence-corrected chi connectivity index (χ1v) is 6.31. The van der Waals surface area contributed by atoms with Gasteiger partial charge in [0.05, 0.1) is 11.5 Å². The number of hydrogen-bond acceptors (Lipinski definition) is 3. The summed E-state index contributed by atoms with van der Waals surface area (Å²) in [5.41, 5.74) is 0. The SMILES string of the molecule is C1CCOC1.O=S1(=O)CCCC1. The standard InChI is InChI=1S/C4H8O2S.C4H8O/c5-7(6)3-1-2-4-7;1-2-4-5-3-1/h1-4H2;1-4H2. The van der Waals surface area contributed by atoms with Gasteiger partial charge < -0.3 is 4.74 Å². The molecule has 2 rings (SSSR count). The van der Waals surface area contributed by atoms with Crippen molar-refractivity contribution in [2.75, 3.05) is 24.7 Å². The Balaban J connectivity index is 0.000000127. The maximum absolute atomic E-state index is 10.4. The molecule has 0 unspecified atom stereocenters. The van der Waals surface area contributed by atoms with Gasteiger partial charge in [-0.3, -0.25) is 0 Å². The second-order valence-corrected chi connectivity index (χ2v) is 5.48. The fourth-order valence-corrected chi connectivity index (χ4v) is 2.75. The molecule has 2 fully saturated rings. The van der Waals surface area contributed by atoms with Gasteiger partial charge in [0.25, 0.3) is 0 Å². The third-order valence-corrected chi connectivity index (χ3v) is 3.81. The lowest BCUT2D eigenvalue weighted by Crippen LogP contribution is -1.98. The van der Waals surface area contributed by atoms with E-state index in [1.807, 2.05) is 0 Å². The molecule has 3 nitrogen and oxygen atoms in total. The Bertz CT molecular complexity index is 185. The Kier molecular flexibility index (Phi) is 4.01. The Morgan fingerprint density at radius 2 is 1.33 bits per heavy atom. The number of sulfone groups is 1. The Morgan fingerprint density at radius 3 is 1.50 bits per heavy atom. The fraction of sp³-hybridized carbons (Fsp3) is 1.00. The van der Waals surface area contributed by atoms with E-state index in [-0.39, 0.29) is 0 Å². The summed E-state index contributed by atoms with van der Waals surface area (Å²) in [6, 6.07) is 0. The van der Waals surface area contributed by atoms with E-state index in [2.05, 4.69) is 0 Å². The average molecular weight is 192 g/mol. The van der Waals surface area contributed by atoms with Gasteiger partial charge in [0.1, 0.15) is 9.84 Å². The van der Waals surface area contributed by atoms with Gasteiger partial charge in [0.2, 0.25) is 0 Å². The maximum atomic E-state index is 10.4. The Hall–Kier alpha value is -0.0900.